The van der Waals surface area contributed by atoms with Gasteiger partial charge in [0.1, 0.15) is 0 Å². The normalized spacial score (nSPS) is 8.47. The highest BCUT2D eigenvalue weighted by atomic mass is 16.1. The van der Waals surface area contributed by atoms with E-state index in [9.17, 15) is 4.79 Å². The Morgan fingerprint density at radius 1 is 1.33 bits per heavy atom. The molecule has 0 radical (unpaired) electrons. The molecule has 3 nitrogen and oxygen atoms in total. The topological polar surface area (TPSA) is 66.9 Å². The number of nitrogens with zero attached hydrogens (tertiary/aromatic N) is 1. The standard InChI is InChI=1S/C12H10N2O/c13-9-8-11-6-4-10(5-7-11)2-1-3-12(14)15/h4-7H,3,8H2,(H2,14,15). The molecule has 0 spiro atoms. The van der Waals surface area contributed by atoms with Crippen molar-refractivity contribution in [2.75, 3.05) is 0 Å². The van der Waals surface area contributed by atoms with Crippen LogP contribution >= 0.6 is 0 Å². The van der Waals surface area contributed by atoms with Crippen molar-refractivity contribution in [3.8, 4) is 17.9 Å². The Morgan fingerprint density at radius 3 is 2.53 bits per heavy atom. The SMILES string of the molecule is N#CCc1ccc(C#CCC(N)=O)cc1. The maximum Gasteiger partial charge on any atom is 0.229 e. The summed E-state index contributed by atoms with van der Waals surface area (Å²) in [6.07, 6.45) is 0.467. The van der Waals surface area contributed by atoms with Crippen molar-refractivity contribution in [2.45, 2.75) is 12.8 Å². The van der Waals surface area contributed by atoms with Gasteiger partial charge in [-0.2, -0.15) is 5.26 Å². The van der Waals surface area contributed by atoms with Gasteiger partial charge in [-0.3, -0.25) is 4.79 Å². The van der Waals surface area contributed by atoms with E-state index < -0.39 is 5.91 Å². The van der Waals surface area contributed by atoms with Crippen molar-refractivity contribution in [3.05, 3.63) is 35.4 Å². The van der Waals surface area contributed by atoms with E-state index >= 15 is 0 Å². The van der Waals surface area contributed by atoms with Gasteiger partial charge in [-0.15, -0.1) is 0 Å². The molecule has 0 fully saturated rings. The molecule has 1 rings (SSSR count). The Hall–Kier alpha value is -2.26. The van der Waals surface area contributed by atoms with Crippen molar-refractivity contribution >= 4 is 5.91 Å². The van der Waals surface area contributed by atoms with E-state index in [0.29, 0.717) is 6.42 Å². The van der Waals surface area contributed by atoms with Crippen LogP contribution in [-0.4, -0.2) is 5.91 Å². The minimum absolute atomic E-state index is 0.0694. The van der Waals surface area contributed by atoms with E-state index in [2.05, 4.69) is 17.9 Å². The van der Waals surface area contributed by atoms with Gasteiger partial charge in [0, 0.05) is 5.56 Å². The Kier molecular flexibility index (Phi) is 3.94. The summed E-state index contributed by atoms with van der Waals surface area (Å²) in [5, 5.41) is 8.46. The molecule has 74 valence electrons. The summed E-state index contributed by atoms with van der Waals surface area (Å²) >= 11 is 0. The van der Waals surface area contributed by atoms with Crippen molar-refractivity contribution in [3.63, 3.8) is 0 Å². The maximum absolute atomic E-state index is 10.4. The Balaban J connectivity index is 2.67. The number of benzene rings is 1. The molecule has 1 aromatic rings. The Bertz CT molecular complexity index is 443. The average molecular weight is 198 g/mol. The fraction of sp³-hybridized carbons (Fsp3) is 0.167. The fourth-order valence-corrected chi connectivity index (χ4v) is 1.03. The number of nitrogens with two attached hydrogens (primary N) is 1. The smallest absolute Gasteiger partial charge is 0.229 e. The van der Waals surface area contributed by atoms with E-state index in [0.717, 1.165) is 11.1 Å². The lowest BCUT2D eigenvalue weighted by Crippen LogP contribution is -2.08. The van der Waals surface area contributed by atoms with E-state index in [1.807, 2.05) is 24.3 Å². The second-order valence-electron chi connectivity index (χ2n) is 2.98. The molecule has 0 saturated carbocycles. The van der Waals surface area contributed by atoms with E-state index in [1.54, 1.807) is 0 Å². The van der Waals surface area contributed by atoms with Gasteiger partial charge in [0.2, 0.25) is 5.91 Å². The first kappa shape index (κ1) is 10.8. The first-order valence-electron chi connectivity index (χ1n) is 4.45. The van der Waals surface area contributed by atoms with E-state index in [4.69, 9.17) is 11.0 Å². The molecular weight excluding hydrogens is 188 g/mol. The molecule has 15 heavy (non-hydrogen) atoms. The quantitative estimate of drug-likeness (QED) is 0.720. The fourth-order valence-electron chi connectivity index (χ4n) is 1.03. The van der Waals surface area contributed by atoms with Crippen molar-refractivity contribution in [1.29, 1.82) is 5.26 Å². The van der Waals surface area contributed by atoms with E-state index in [1.165, 1.54) is 0 Å². The van der Waals surface area contributed by atoms with Crippen LogP contribution in [0.5, 0.6) is 0 Å². The van der Waals surface area contributed by atoms with Crippen LogP contribution < -0.4 is 5.73 Å². The number of carbonyl (C=O) groups excluding carboxylic acids is 1. The Labute approximate surface area is 88.5 Å². The molecule has 0 aromatic heterocycles. The molecule has 0 aliphatic rings. The minimum atomic E-state index is -0.427. The number of nitriles is 1. The van der Waals surface area contributed by atoms with Crippen LogP contribution in [0.25, 0.3) is 0 Å². The summed E-state index contributed by atoms with van der Waals surface area (Å²) in [4.78, 5) is 10.4. The molecule has 0 heterocycles. The van der Waals surface area contributed by atoms with Crippen LogP contribution in [0.1, 0.15) is 17.5 Å². The highest BCUT2D eigenvalue weighted by Gasteiger charge is 1.91. The first-order chi connectivity index (χ1) is 7.22. The Morgan fingerprint density at radius 2 is 2.00 bits per heavy atom. The molecule has 2 N–H and O–H groups in total. The summed E-state index contributed by atoms with van der Waals surface area (Å²) in [5.74, 6) is 5.05. The lowest BCUT2D eigenvalue weighted by atomic mass is 10.1. The summed E-state index contributed by atoms with van der Waals surface area (Å²) in [6.45, 7) is 0. The number of primary amides is 1. The molecule has 1 aromatic carbocycles. The highest BCUT2D eigenvalue weighted by Crippen LogP contribution is 2.03. The van der Waals surface area contributed by atoms with Crippen molar-refractivity contribution < 1.29 is 4.79 Å². The summed E-state index contributed by atoms with van der Waals surface area (Å²) in [5.41, 5.74) is 6.72. The van der Waals surface area contributed by atoms with Gasteiger partial charge >= 0.3 is 0 Å². The van der Waals surface area contributed by atoms with Gasteiger partial charge in [0.05, 0.1) is 18.9 Å². The van der Waals surface area contributed by atoms with Gasteiger partial charge in [-0.05, 0) is 17.7 Å². The zero-order chi connectivity index (χ0) is 11.1. The van der Waals surface area contributed by atoms with Crippen LogP contribution in [0.2, 0.25) is 0 Å². The van der Waals surface area contributed by atoms with Gasteiger partial charge in [0.15, 0.2) is 0 Å². The third kappa shape index (κ3) is 3.97. The minimum Gasteiger partial charge on any atom is -0.369 e. The zero-order valence-corrected chi connectivity index (χ0v) is 8.16. The van der Waals surface area contributed by atoms with Crippen LogP contribution in [0.3, 0.4) is 0 Å². The first-order valence-corrected chi connectivity index (χ1v) is 4.45. The number of hydrogen-bond donors (Lipinski definition) is 1. The largest absolute Gasteiger partial charge is 0.369 e. The van der Waals surface area contributed by atoms with Crippen molar-refractivity contribution in [1.82, 2.24) is 0 Å². The molecule has 0 unspecified atom stereocenters. The van der Waals surface area contributed by atoms with Crippen LogP contribution in [0, 0.1) is 23.2 Å². The lowest BCUT2D eigenvalue weighted by molar-refractivity contribution is -0.117. The molecule has 0 saturated heterocycles. The second kappa shape index (κ2) is 5.47. The van der Waals surface area contributed by atoms with Crippen molar-refractivity contribution in [2.24, 2.45) is 5.73 Å². The van der Waals surface area contributed by atoms with Gasteiger partial charge in [0.25, 0.3) is 0 Å². The highest BCUT2D eigenvalue weighted by molar-refractivity contribution is 5.76. The third-order valence-electron chi connectivity index (χ3n) is 1.73. The molecular formula is C12H10N2O. The monoisotopic (exact) mass is 198 g/mol. The maximum atomic E-state index is 10.4. The number of amides is 1. The summed E-state index contributed by atoms with van der Waals surface area (Å²) in [7, 11) is 0. The van der Waals surface area contributed by atoms with Crippen LogP contribution in [0.4, 0.5) is 0 Å². The summed E-state index contributed by atoms with van der Waals surface area (Å²) in [6, 6.07) is 9.39. The predicted octanol–water partition coefficient (Wildman–Crippen LogP) is 0.980. The molecule has 0 bridgehead atoms. The predicted molar refractivity (Wildman–Crippen MR) is 56.4 cm³/mol. The molecule has 0 aliphatic heterocycles. The third-order valence-corrected chi connectivity index (χ3v) is 1.73. The van der Waals surface area contributed by atoms with Crippen LogP contribution in [-0.2, 0) is 11.2 Å². The zero-order valence-electron chi connectivity index (χ0n) is 8.16. The van der Waals surface area contributed by atoms with Crippen LogP contribution in [0.15, 0.2) is 24.3 Å². The average Bonchev–Trinajstić information content (AvgIpc) is 2.20. The molecule has 3 heteroatoms. The second-order valence-corrected chi connectivity index (χ2v) is 2.98. The number of hydrogen-bond acceptors (Lipinski definition) is 2. The lowest BCUT2D eigenvalue weighted by Gasteiger charge is -1.93. The molecule has 0 atom stereocenters. The van der Waals surface area contributed by atoms with E-state index in [-0.39, 0.29) is 6.42 Å². The summed E-state index contributed by atoms with van der Waals surface area (Å²) < 4.78 is 0. The number of rotatable bonds is 2. The molecule has 0 aliphatic carbocycles. The molecule has 1 amide bonds. The van der Waals surface area contributed by atoms with Gasteiger partial charge in [-0.25, -0.2) is 0 Å². The van der Waals surface area contributed by atoms with Gasteiger partial charge in [-0.1, -0.05) is 24.0 Å². The van der Waals surface area contributed by atoms with Gasteiger partial charge < -0.3 is 5.73 Å². The number of carbonyl (C=O) groups is 1.